The van der Waals surface area contributed by atoms with E-state index in [-0.39, 0.29) is 16.7 Å². The second kappa shape index (κ2) is 8.41. The Morgan fingerprint density at radius 3 is 3.04 bits per heavy atom. The van der Waals surface area contributed by atoms with Crippen molar-refractivity contribution in [3.8, 4) is 5.75 Å². The van der Waals surface area contributed by atoms with E-state index in [2.05, 4.69) is 21.0 Å². The SMILES string of the molecule is CN(Cc1cccc(Br)c1OCC1CCCO1)c1cnn(C)c(=O)c1Cl. The van der Waals surface area contributed by atoms with Crippen LogP contribution in [-0.2, 0) is 18.3 Å². The Hall–Kier alpha value is -1.57. The molecule has 2 heterocycles. The predicted octanol–water partition coefficient (Wildman–Crippen LogP) is 3.39. The minimum absolute atomic E-state index is 0.142. The van der Waals surface area contributed by atoms with Crippen LogP contribution in [0.5, 0.6) is 5.75 Å². The zero-order valence-electron chi connectivity index (χ0n) is 14.7. The standard InChI is InChI=1S/C18H21BrClN3O3/c1-22(15-9-21-23(2)18(24)16(15)20)10-12-5-3-7-14(19)17(12)26-11-13-6-4-8-25-13/h3,5,7,9,13H,4,6,8,10-11H2,1-2H3. The Morgan fingerprint density at radius 1 is 1.50 bits per heavy atom. The summed E-state index contributed by atoms with van der Waals surface area (Å²) in [4.78, 5) is 13.9. The summed E-state index contributed by atoms with van der Waals surface area (Å²) in [6.07, 6.45) is 3.83. The van der Waals surface area contributed by atoms with E-state index in [1.54, 1.807) is 13.2 Å². The van der Waals surface area contributed by atoms with Gasteiger partial charge in [0.25, 0.3) is 5.56 Å². The first-order valence-electron chi connectivity index (χ1n) is 8.42. The number of aromatic nitrogens is 2. The number of halogens is 2. The lowest BCUT2D eigenvalue weighted by Gasteiger charge is -2.23. The highest BCUT2D eigenvalue weighted by Gasteiger charge is 2.19. The molecule has 26 heavy (non-hydrogen) atoms. The third kappa shape index (κ3) is 4.22. The van der Waals surface area contributed by atoms with Crippen LogP contribution in [0.25, 0.3) is 0 Å². The fourth-order valence-electron chi connectivity index (χ4n) is 2.90. The molecule has 1 saturated heterocycles. The van der Waals surface area contributed by atoms with Gasteiger partial charge in [0.05, 0.1) is 22.5 Å². The Labute approximate surface area is 165 Å². The second-order valence-electron chi connectivity index (χ2n) is 6.30. The van der Waals surface area contributed by atoms with Crippen LogP contribution in [-0.4, -0.2) is 36.1 Å². The van der Waals surface area contributed by atoms with Gasteiger partial charge in [-0.15, -0.1) is 0 Å². The molecule has 0 N–H and O–H groups in total. The highest BCUT2D eigenvalue weighted by atomic mass is 79.9. The van der Waals surface area contributed by atoms with Gasteiger partial charge < -0.3 is 14.4 Å². The molecule has 1 aliphatic rings. The highest BCUT2D eigenvalue weighted by Crippen LogP contribution is 2.32. The number of anilines is 1. The molecule has 0 bridgehead atoms. The number of rotatable bonds is 6. The lowest BCUT2D eigenvalue weighted by atomic mass is 10.2. The first-order valence-corrected chi connectivity index (χ1v) is 9.59. The van der Waals surface area contributed by atoms with Gasteiger partial charge in [0.15, 0.2) is 0 Å². The van der Waals surface area contributed by atoms with Gasteiger partial charge in [-0.25, -0.2) is 4.68 Å². The van der Waals surface area contributed by atoms with E-state index in [0.717, 1.165) is 35.2 Å². The molecular formula is C18H21BrClN3O3. The van der Waals surface area contributed by atoms with Gasteiger partial charge >= 0.3 is 0 Å². The van der Waals surface area contributed by atoms with Gasteiger partial charge in [-0.3, -0.25) is 4.79 Å². The normalized spacial score (nSPS) is 16.7. The fraction of sp³-hybridized carbons (Fsp3) is 0.444. The minimum Gasteiger partial charge on any atom is -0.489 e. The molecule has 0 saturated carbocycles. The Balaban J connectivity index is 1.79. The minimum atomic E-state index is -0.319. The number of hydrogen-bond donors (Lipinski definition) is 0. The van der Waals surface area contributed by atoms with Crippen molar-refractivity contribution >= 4 is 33.2 Å². The molecule has 6 nitrogen and oxygen atoms in total. The maximum atomic E-state index is 12.0. The van der Waals surface area contributed by atoms with Crippen molar-refractivity contribution in [1.29, 1.82) is 0 Å². The maximum absolute atomic E-state index is 12.0. The van der Waals surface area contributed by atoms with Crippen LogP contribution >= 0.6 is 27.5 Å². The molecule has 1 unspecified atom stereocenters. The van der Waals surface area contributed by atoms with Gasteiger partial charge in [0.2, 0.25) is 0 Å². The van der Waals surface area contributed by atoms with Crippen molar-refractivity contribution in [2.24, 2.45) is 7.05 Å². The lowest BCUT2D eigenvalue weighted by Crippen LogP contribution is -2.25. The van der Waals surface area contributed by atoms with E-state index in [0.29, 0.717) is 18.8 Å². The summed E-state index contributed by atoms with van der Waals surface area (Å²) in [5.41, 5.74) is 1.25. The first kappa shape index (κ1) is 19.2. The summed E-state index contributed by atoms with van der Waals surface area (Å²) in [5, 5.41) is 4.21. The van der Waals surface area contributed by atoms with Crippen LogP contribution in [0.3, 0.4) is 0 Å². The van der Waals surface area contributed by atoms with Crippen LogP contribution in [0, 0.1) is 0 Å². The molecule has 1 aromatic carbocycles. The third-order valence-corrected chi connectivity index (χ3v) is 5.34. The van der Waals surface area contributed by atoms with Crippen molar-refractivity contribution in [3.05, 3.63) is 49.8 Å². The molecular weight excluding hydrogens is 422 g/mol. The number of ether oxygens (including phenoxy) is 2. The summed E-state index contributed by atoms with van der Waals surface area (Å²) in [6, 6.07) is 5.89. The third-order valence-electron chi connectivity index (χ3n) is 4.36. The summed E-state index contributed by atoms with van der Waals surface area (Å²) in [6.45, 7) is 1.84. The van der Waals surface area contributed by atoms with E-state index in [4.69, 9.17) is 21.1 Å². The van der Waals surface area contributed by atoms with Crippen molar-refractivity contribution < 1.29 is 9.47 Å². The van der Waals surface area contributed by atoms with Crippen molar-refractivity contribution in [2.75, 3.05) is 25.2 Å². The van der Waals surface area contributed by atoms with Crippen LogP contribution in [0.2, 0.25) is 5.02 Å². The highest BCUT2D eigenvalue weighted by molar-refractivity contribution is 9.10. The summed E-state index contributed by atoms with van der Waals surface area (Å²) in [7, 11) is 3.44. The van der Waals surface area contributed by atoms with E-state index < -0.39 is 0 Å². The summed E-state index contributed by atoms with van der Waals surface area (Å²) >= 11 is 9.77. The second-order valence-corrected chi connectivity index (χ2v) is 7.54. The summed E-state index contributed by atoms with van der Waals surface area (Å²) in [5.74, 6) is 0.780. The van der Waals surface area contributed by atoms with E-state index in [1.807, 2.05) is 30.1 Å². The molecule has 0 aliphatic carbocycles. The molecule has 2 aromatic rings. The van der Waals surface area contributed by atoms with Gasteiger partial charge in [0, 0.05) is 32.8 Å². The Morgan fingerprint density at radius 2 is 2.31 bits per heavy atom. The molecule has 1 aromatic heterocycles. The van der Waals surface area contributed by atoms with Gasteiger partial charge in [-0.2, -0.15) is 5.10 Å². The monoisotopic (exact) mass is 441 g/mol. The van der Waals surface area contributed by atoms with E-state index in [9.17, 15) is 4.79 Å². The molecule has 1 aliphatic heterocycles. The van der Waals surface area contributed by atoms with Crippen LogP contribution in [0.15, 0.2) is 33.7 Å². The van der Waals surface area contributed by atoms with Crippen LogP contribution in [0.4, 0.5) is 5.69 Å². The number of benzene rings is 1. The van der Waals surface area contributed by atoms with Gasteiger partial charge in [0.1, 0.15) is 17.4 Å². The number of aryl methyl sites for hydroxylation is 1. The maximum Gasteiger partial charge on any atom is 0.287 e. The predicted molar refractivity (Wildman–Crippen MR) is 105 cm³/mol. The molecule has 140 valence electrons. The largest absolute Gasteiger partial charge is 0.489 e. The molecule has 3 rings (SSSR count). The molecule has 0 radical (unpaired) electrons. The molecule has 0 spiro atoms. The fourth-order valence-corrected chi connectivity index (χ4v) is 3.74. The molecule has 1 atom stereocenters. The van der Waals surface area contributed by atoms with Crippen molar-refractivity contribution in [1.82, 2.24) is 9.78 Å². The lowest BCUT2D eigenvalue weighted by molar-refractivity contribution is 0.0673. The molecule has 8 heteroatoms. The quantitative estimate of drug-likeness (QED) is 0.686. The first-order chi connectivity index (χ1) is 12.5. The van der Waals surface area contributed by atoms with Gasteiger partial charge in [-0.1, -0.05) is 23.7 Å². The molecule has 1 fully saturated rings. The topological polar surface area (TPSA) is 56.6 Å². The van der Waals surface area contributed by atoms with Crippen LogP contribution < -0.4 is 15.2 Å². The number of nitrogens with zero attached hydrogens (tertiary/aromatic N) is 3. The smallest absolute Gasteiger partial charge is 0.287 e. The van der Waals surface area contributed by atoms with Crippen LogP contribution in [0.1, 0.15) is 18.4 Å². The number of para-hydroxylation sites is 1. The Bertz CT molecular complexity index is 837. The van der Waals surface area contributed by atoms with Crippen molar-refractivity contribution in [3.63, 3.8) is 0 Å². The summed E-state index contributed by atoms with van der Waals surface area (Å²) < 4.78 is 13.8. The van der Waals surface area contributed by atoms with E-state index >= 15 is 0 Å². The van der Waals surface area contributed by atoms with E-state index in [1.165, 1.54) is 4.68 Å². The zero-order valence-corrected chi connectivity index (χ0v) is 17.1. The van der Waals surface area contributed by atoms with Gasteiger partial charge in [-0.05, 0) is 34.8 Å². The average Bonchev–Trinajstić information content (AvgIpc) is 3.12. The number of hydrogen-bond acceptors (Lipinski definition) is 5. The molecule has 0 amide bonds. The Kier molecular flexibility index (Phi) is 6.21. The van der Waals surface area contributed by atoms with Crippen molar-refractivity contribution in [2.45, 2.75) is 25.5 Å². The zero-order chi connectivity index (χ0) is 18.7. The average molecular weight is 443 g/mol.